The van der Waals surface area contributed by atoms with Crippen LogP contribution in [0.3, 0.4) is 0 Å². The molecule has 0 spiro atoms. The second-order valence-corrected chi connectivity index (χ2v) is 4.76. The van der Waals surface area contributed by atoms with Gasteiger partial charge in [-0.15, -0.1) is 0 Å². The Morgan fingerprint density at radius 1 is 1.29 bits per heavy atom. The minimum atomic E-state index is 0.229. The summed E-state index contributed by atoms with van der Waals surface area (Å²) in [5.74, 6) is 0.229. The molecule has 0 aliphatic carbocycles. The summed E-state index contributed by atoms with van der Waals surface area (Å²) in [5, 5.41) is 0. The van der Waals surface area contributed by atoms with Crippen molar-refractivity contribution >= 4 is 17.3 Å². The summed E-state index contributed by atoms with van der Waals surface area (Å²) in [6, 6.07) is 5.99. The number of amides is 1. The topological polar surface area (TPSA) is 49.6 Å². The molecule has 1 saturated heterocycles. The number of hydrogen-bond donors (Lipinski definition) is 1. The van der Waals surface area contributed by atoms with Crippen molar-refractivity contribution in [1.29, 1.82) is 0 Å². The molecule has 3 rings (SSSR count). The first kappa shape index (κ1) is 10.4. The summed E-state index contributed by atoms with van der Waals surface area (Å²) in [6.45, 7) is 3.22. The van der Waals surface area contributed by atoms with Crippen LogP contribution >= 0.6 is 0 Å². The molecule has 2 aliphatic rings. The van der Waals surface area contributed by atoms with E-state index in [-0.39, 0.29) is 5.91 Å². The van der Waals surface area contributed by atoms with E-state index in [1.165, 1.54) is 5.56 Å². The molecule has 1 amide bonds. The average molecular weight is 231 g/mol. The van der Waals surface area contributed by atoms with Crippen LogP contribution in [0, 0.1) is 0 Å². The fourth-order valence-corrected chi connectivity index (χ4v) is 2.55. The number of carbonyl (C=O) groups is 1. The van der Waals surface area contributed by atoms with Crippen molar-refractivity contribution in [1.82, 2.24) is 4.90 Å². The van der Waals surface area contributed by atoms with Gasteiger partial charge in [-0.25, -0.2) is 0 Å². The van der Waals surface area contributed by atoms with Gasteiger partial charge in [-0.05, 0) is 24.5 Å². The molecule has 0 aromatic heterocycles. The molecule has 2 aliphatic heterocycles. The third-order valence-electron chi connectivity index (χ3n) is 3.65. The first-order valence-corrected chi connectivity index (χ1v) is 6.16. The first-order valence-electron chi connectivity index (χ1n) is 6.16. The number of carbonyl (C=O) groups excluding carboxylic acids is 1. The molecular formula is C13H17N3O. The summed E-state index contributed by atoms with van der Waals surface area (Å²) >= 11 is 0. The molecule has 0 radical (unpaired) electrons. The quantitative estimate of drug-likeness (QED) is 0.768. The molecule has 90 valence electrons. The molecule has 0 unspecified atom stereocenters. The zero-order valence-electron chi connectivity index (χ0n) is 9.85. The molecule has 1 aromatic rings. The Morgan fingerprint density at radius 2 is 2.12 bits per heavy atom. The van der Waals surface area contributed by atoms with E-state index in [2.05, 4.69) is 11.0 Å². The maximum absolute atomic E-state index is 11.9. The molecule has 2 N–H and O–H groups in total. The highest BCUT2D eigenvalue weighted by Crippen LogP contribution is 2.33. The fourth-order valence-electron chi connectivity index (χ4n) is 2.55. The fraction of sp³-hybridized carbons (Fsp3) is 0.462. The Balaban J connectivity index is 1.76. The zero-order chi connectivity index (χ0) is 11.8. The maximum atomic E-state index is 11.9. The average Bonchev–Trinajstić information content (AvgIpc) is 2.60. The van der Waals surface area contributed by atoms with E-state index < -0.39 is 0 Å². The third-order valence-corrected chi connectivity index (χ3v) is 3.65. The number of nitrogens with zero attached hydrogens (tertiary/aromatic N) is 2. The molecule has 17 heavy (non-hydrogen) atoms. The number of rotatable bonds is 2. The van der Waals surface area contributed by atoms with Gasteiger partial charge in [0.1, 0.15) is 0 Å². The van der Waals surface area contributed by atoms with E-state index in [1.54, 1.807) is 0 Å². The van der Waals surface area contributed by atoms with Crippen LogP contribution in [0.4, 0.5) is 11.4 Å². The maximum Gasteiger partial charge on any atom is 0.242 e. The van der Waals surface area contributed by atoms with Gasteiger partial charge < -0.3 is 15.5 Å². The van der Waals surface area contributed by atoms with E-state index in [0.29, 0.717) is 6.54 Å². The van der Waals surface area contributed by atoms with Crippen molar-refractivity contribution in [2.45, 2.75) is 12.8 Å². The Morgan fingerprint density at radius 3 is 2.82 bits per heavy atom. The molecule has 4 heteroatoms. The van der Waals surface area contributed by atoms with Crippen LogP contribution in [0.2, 0.25) is 0 Å². The summed E-state index contributed by atoms with van der Waals surface area (Å²) in [6.07, 6.45) is 2.14. The van der Waals surface area contributed by atoms with Crippen LogP contribution < -0.4 is 10.6 Å². The van der Waals surface area contributed by atoms with Gasteiger partial charge in [-0.2, -0.15) is 0 Å². The Labute approximate surface area is 101 Å². The van der Waals surface area contributed by atoms with Gasteiger partial charge in [-0.3, -0.25) is 4.79 Å². The molecule has 4 nitrogen and oxygen atoms in total. The number of likely N-dealkylation sites (tertiary alicyclic amines) is 1. The number of anilines is 2. The van der Waals surface area contributed by atoms with E-state index in [0.717, 1.165) is 43.9 Å². The number of para-hydroxylation sites is 1. The van der Waals surface area contributed by atoms with Crippen molar-refractivity contribution in [3.05, 3.63) is 23.8 Å². The van der Waals surface area contributed by atoms with Gasteiger partial charge >= 0.3 is 0 Å². The van der Waals surface area contributed by atoms with Crippen LogP contribution in [0.1, 0.15) is 12.0 Å². The molecule has 0 atom stereocenters. The van der Waals surface area contributed by atoms with Gasteiger partial charge in [0, 0.05) is 19.6 Å². The normalized spacial score (nSPS) is 17.9. The van der Waals surface area contributed by atoms with E-state index >= 15 is 0 Å². The lowest BCUT2D eigenvalue weighted by Gasteiger charge is -2.33. The van der Waals surface area contributed by atoms with Crippen molar-refractivity contribution in [2.24, 2.45) is 0 Å². The predicted molar refractivity (Wildman–Crippen MR) is 68.0 cm³/mol. The minimum absolute atomic E-state index is 0.229. The minimum Gasteiger partial charge on any atom is -0.397 e. The highest BCUT2D eigenvalue weighted by Gasteiger charge is 2.27. The third kappa shape index (κ3) is 1.73. The number of fused-ring (bicyclic) bond motifs is 1. The predicted octanol–water partition coefficient (Wildman–Crippen LogP) is 0.864. The smallest absolute Gasteiger partial charge is 0.242 e. The molecule has 1 aromatic carbocycles. The molecule has 0 saturated carbocycles. The summed E-state index contributed by atoms with van der Waals surface area (Å²) in [5.41, 5.74) is 9.12. The molecule has 0 bridgehead atoms. The Bertz CT molecular complexity index is 454. The lowest BCUT2D eigenvalue weighted by Crippen LogP contribution is -2.47. The van der Waals surface area contributed by atoms with Crippen LogP contribution in [0.5, 0.6) is 0 Å². The van der Waals surface area contributed by atoms with Gasteiger partial charge in [0.25, 0.3) is 0 Å². The largest absolute Gasteiger partial charge is 0.397 e. The van der Waals surface area contributed by atoms with E-state index in [4.69, 9.17) is 5.73 Å². The van der Waals surface area contributed by atoms with Crippen LogP contribution in [0.15, 0.2) is 18.2 Å². The van der Waals surface area contributed by atoms with Crippen LogP contribution in [0.25, 0.3) is 0 Å². The van der Waals surface area contributed by atoms with Crippen molar-refractivity contribution in [3.63, 3.8) is 0 Å². The number of nitrogen functional groups attached to an aromatic ring is 1. The summed E-state index contributed by atoms with van der Waals surface area (Å²) in [7, 11) is 0. The summed E-state index contributed by atoms with van der Waals surface area (Å²) in [4.78, 5) is 16.0. The summed E-state index contributed by atoms with van der Waals surface area (Å²) < 4.78 is 0. The molecular weight excluding hydrogens is 214 g/mol. The SMILES string of the molecule is Nc1cccc2c1N(CC(=O)N1CCC1)CC2. The number of hydrogen-bond acceptors (Lipinski definition) is 3. The monoisotopic (exact) mass is 231 g/mol. The second-order valence-electron chi connectivity index (χ2n) is 4.76. The van der Waals surface area contributed by atoms with Gasteiger partial charge in [0.15, 0.2) is 0 Å². The zero-order valence-corrected chi connectivity index (χ0v) is 9.85. The standard InChI is InChI=1S/C13H17N3O/c14-11-4-1-3-10-5-8-16(13(10)11)9-12(17)15-6-2-7-15/h1,3-4H,2,5-9,14H2. The molecule has 1 fully saturated rings. The molecule has 2 heterocycles. The Kier molecular flexibility index (Phi) is 2.42. The highest BCUT2D eigenvalue weighted by atomic mass is 16.2. The number of benzene rings is 1. The van der Waals surface area contributed by atoms with Gasteiger partial charge in [-0.1, -0.05) is 12.1 Å². The Hall–Kier alpha value is -1.71. The van der Waals surface area contributed by atoms with Gasteiger partial charge in [0.2, 0.25) is 5.91 Å². The van der Waals surface area contributed by atoms with Crippen molar-refractivity contribution < 1.29 is 4.79 Å². The highest BCUT2D eigenvalue weighted by molar-refractivity contribution is 5.85. The number of nitrogens with two attached hydrogens (primary N) is 1. The van der Waals surface area contributed by atoms with Crippen LogP contribution in [-0.4, -0.2) is 37.0 Å². The van der Waals surface area contributed by atoms with Crippen molar-refractivity contribution in [2.75, 3.05) is 36.8 Å². The van der Waals surface area contributed by atoms with Crippen LogP contribution in [-0.2, 0) is 11.2 Å². The van der Waals surface area contributed by atoms with Gasteiger partial charge in [0.05, 0.1) is 17.9 Å². The first-order chi connectivity index (χ1) is 8.25. The van der Waals surface area contributed by atoms with Crippen molar-refractivity contribution in [3.8, 4) is 0 Å². The van der Waals surface area contributed by atoms with E-state index in [9.17, 15) is 4.79 Å². The van der Waals surface area contributed by atoms with E-state index in [1.807, 2.05) is 17.0 Å². The lowest BCUT2D eigenvalue weighted by atomic mass is 10.1. The second kappa shape index (κ2) is 3.95. The lowest BCUT2D eigenvalue weighted by molar-refractivity contribution is -0.133.